The van der Waals surface area contributed by atoms with Crippen LogP contribution in [0.5, 0.6) is 0 Å². The molecule has 1 aliphatic heterocycles. The second kappa shape index (κ2) is 9.88. The van der Waals surface area contributed by atoms with Gasteiger partial charge in [-0.05, 0) is 55.7 Å². The SMILES string of the molecule is CCCCCNC(=O)c1cccc(C(=O)Nc2ccc(N3CCCC3)cc2)n1. The molecule has 1 aliphatic rings. The number of aromatic nitrogens is 1. The van der Waals surface area contributed by atoms with Gasteiger partial charge in [-0.15, -0.1) is 0 Å². The molecular formula is C22H28N4O2. The number of anilines is 2. The molecule has 6 heteroatoms. The van der Waals surface area contributed by atoms with Crippen LogP contribution in [0.2, 0.25) is 0 Å². The molecule has 0 atom stereocenters. The fourth-order valence-electron chi connectivity index (χ4n) is 3.28. The van der Waals surface area contributed by atoms with Crippen molar-refractivity contribution in [3.63, 3.8) is 0 Å². The number of amides is 2. The van der Waals surface area contributed by atoms with Gasteiger partial charge in [0.25, 0.3) is 11.8 Å². The Hall–Kier alpha value is -2.89. The number of nitrogens with zero attached hydrogens (tertiary/aromatic N) is 2. The van der Waals surface area contributed by atoms with Gasteiger partial charge < -0.3 is 15.5 Å². The molecule has 1 fully saturated rings. The maximum Gasteiger partial charge on any atom is 0.274 e. The number of carbonyl (C=O) groups is 2. The topological polar surface area (TPSA) is 74.3 Å². The van der Waals surface area contributed by atoms with E-state index in [0.717, 1.165) is 32.4 Å². The molecule has 2 N–H and O–H groups in total. The zero-order valence-corrected chi connectivity index (χ0v) is 16.4. The third-order valence-electron chi connectivity index (χ3n) is 4.88. The summed E-state index contributed by atoms with van der Waals surface area (Å²) in [6.45, 7) is 4.91. The maximum atomic E-state index is 12.5. The van der Waals surface area contributed by atoms with Crippen LogP contribution >= 0.6 is 0 Å². The van der Waals surface area contributed by atoms with Crippen molar-refractivity contribution in [2.24, 2.45) is 0 Å². The molecule has 6 nitrogen and oxygen atoms in total. The van der Waals surface area contributed by atoms with Crippen molar-refractivity contribution >= 4 is 23.2 Å². The number of unbranched alkanes of at least 4 members (excludes halogenated alkanes) is 2. The summed E-state index contributed by atoms with van der Waals surface area (Å²) in [5.41, 5.74) is 2.37. The molecule has 0 bridgehead atoms. The standard InChI is InChI=1S/C22H28N4O2/c1-2-3-4-14-23-21(27)19-8-7-9-20(25-19)22(28)24-17-10-12-18(13-11-17)26-15-5-6-16-26/h7-13H,2-6,14-16H2,1H3,(H,23,27)(H,24,28). The molecule has 0 unspecified atom stereocenters. The third kappa shape index (κ3) is 5.31. The summed E-state index contributed by atoms with van der Waals surface area (Å²) in [4.78, 5) is 31.3. The minimum Gasteiger partial charge on any atom is -0.372 e. The first-order valence-electron chi connectivity index (χ1n) is 10.1. The lowest BCUT2D eigenvalue weighted by Gasteiger charge is -2.17. The van der Waals surface area contributed by atoms with Crippen molar-refractivity contribution in [3.8, 4) is 0 Å². The third-order valence-corrected chi connectivity index (χ3v) is 4.88. The average molecular weight is 380 g/mol. The van der Waals surface area contributed by atoms with Gasteiger partial charge in [0.15, 0.2) is 0 Å². The zero-order chi connectivity index (χ0) is 19.8. The molecule has 2 aromatic rings. The smallest absolute Gasteiger partial charge is 0.274 e. The molecule has 0 aliphatic carbocycles. The van der Waals surface area contributed by atoms with Gasteiger partial charge in [0.2, 0.25) is 0 Å². The highest BCUT2D eigenvalue weighted by molar-refractivity contribution is 6.03. The molecular weight excluding hydrogens is 352 g/mol. The molecule has 1 aromatic carbocycles. The second-order valence-electron chi connectivity index (χ2n) is 7.07. The van der Waals surface area contributed by atoms with E-state index in [-0.39, 0.29) is 23.2 Å². The van der Waals surface area contributed by atoms with Crippen LogP contribution in [0.4, 0.5) is 11.4 Å². The quantitative estimate of drug-likeness (QED) is 0.682. The van der Waals surface area contributed by atoms with Gasteiger partial charge in [0.1, 0.15) is 11.4 Å². The number of rotatable bonds is 8. The van der Waals surface area contributed by atoms with E-state index in [0.29, 0.717) is 12.2 Å². The Morgan fingerprint density at radius 3 is 2.32 bits per heavy atom. The molecule has 2 amide bonds. The molecule has 0 spiro atoms. The Morgan fingerprint density at radius 2 is 1.64 bits per heavy atom. The van der Waals surface area contributed by atoms with Crippen LogP contribution in [0.1, 0.15) is 60.0 Å². The second-order valence-corrected chi connectivity index (χ2v) is 7.07. The first-order valence-corrected chi connectivity index (χ1v) is 10.1. The van der Waals surface area contributed by atoms with E-state index in [4.69, 9.17) is 0 Å². The Morgan fingerprint density at radius 1 is 0.964 bits per heavy atom. The number of pyridine rings is 1. The Labute approximate surface area is 166 Å². The number of carbonyl (C=O) groups excluding carboxylic acids is 2. The van der Waals surface area contributed by atoms with Crippen molar-refractivity contribution in [2.45, 2.75) is 39.0 Å². The van der Waals surface area contributed by atoms with Crippen molar-refractivity contribution in [3.05, 3.63) is 53.9 Å². The van der Waals surface area contributed by atoms with Crippen LogP contribution < -0.4 is 15.5 Å². The molecule has 0 saturated carbocycles. The number of hydrogen-bond donors (Lipinski definition) is 2. The van der Waals surface area contributed by atoms with E-state index in [1.165, 1.54) is 18.5 Å². The van der Waals surface area contributed by atoms with Gasteiger partial charge in [-0.3, -0.25) is 9.59 Å². The minimum atomic E-state index is -0.324. The van der Waals surface area contributed by atoms with E-state index in [1.54, 1.807) is 18.2 Å². The molecule has 2 heterocycles. The highest BCUT2D eigenvalue weighted by atomic mass is 16.2. The predicted molar refractivity (Wildman–Crippen MR) is 112 cm³/mol. The molecule has 3 rings (SSSR count). The van der Waals surface area contributed by atoms with Gasteiger partial charge in [-0.2, -0.15) is 0 Å². The highest BCUT2D eigenvalue weighted by Crippen LogP contribution is 2.22. The van der Waals surface area contributed by atoms with Crippen LogP contribution in [0.15, 0.2) is 42.5 Å². The summed E-state index contributed by atoms with van der Waals surface area (Å²) in [5, 5.41) is 5.70. The Bertz CT molecular complexity index is 798. The predicted octanol–water partition coefficient (Wildman–Crippen LogP) is 3.85. The van der Waals surface area contributed by atoms with Gasteiger partial charge >= 0.3 is 0 Å². The van der Waals surface area contributed by atoms with Crippen LogP contribution in [0.25, 0.3) is 0 Å². The first kappa shape index (κ1) is 19.9. The number of hydrogen-bond acceptors (Lipinski definition) is 4. The van der Waals surface area contributed by atoms with Crippen LogP contribution in [-0.4, -0.2) is 36.4 Å². The number of benzene rings is 1. The normalized spacial score (nSPS) is 13.4. The maximum absolute atomic E-state index is 12.5. The zero-order valence-electron chi connectivity index (χ0n) is 16.4. The summed E-state index contributed by atoms with van der Waals surface area (Å²) in [6.07, 6.45) is 5.57. The van der Waals surface area contributed by atoms with Crippen LogP contribution in [0, 0.1) is 0 Å². The molecule has 1 aromatic heterocycles. The van der Waals surface area contributed by atoms with Gasteiger partial charge in [-0.1, -0.05) is 25.8 Å². The summed E-state index contributed by atoms with van der Waals surface area (Å²) in [5.74, 6) is -0.574. The Balaban J connectivity index is 1.58. The lowest BCUT2D eigenvalue weighted by Crippen LogP contribution is -2.26. The fraction of sp³-hybridized carbons (Fsp3) is 0.409. The average Bonchev–Trinajstić information content (AvgIpc) is 3.26. The fourth-order valence-corrected chi connectivity index (χ4v) is 3.28. The monoisotopic (exact) mass is 380 g/mol. The minimum absolute atomic E-state index is 0.227. The van der Waals surface area contributed by atoms with Crippen molar-refractivity contribution in [2.75, 3.05) is 29.9 Å². The highest BCUT2D eigenvalue weighted by Gasteiger charge is 2.14. The van der Waals surface area contributed by atoms with E-state index < -0.39 is 0 Å². The Kier molecular flexibility index (Phi) is 7.00. The molecule has 148 valence electrons. The lowest BCUT2D eigenvalue weighted by atomic mass is 10.2. The van der Waals surface area contributed by atoms with Gasteiger partial charge in [-0.25, -0.2) is 4.98 Å². The van der Waals surface area contributed by atoms with E-state index >= 15 is 0 Å². The van der Waals surface area contributed by atoms with Gasteiger partial charge in [0, 0.05) is 31.0 Å². The largest absolute Gasteiger partial charge is 0.372 e. The summed E-state index contributed by atoms with van der Waals surface area (Å²) in [7, 11) is 0. The first-order chi connectivity index (χ1) is 13.7. The van der Waals surface area contributed by atoms with Crippen molar-refractivity contribution < 1.29 is 9.59 Å². The van der Waals surface area contributed by atoms with E-state index in [1.807, 2.05) is 24.3 Å². The van der Waals surface area contributed by atoms with Crippen molar-refractivity contribution in [1.82, 2.24) is 10.3 Å². The molecule has 1 saturated heterocycles. The summed E-state index contributed by atoms with van der Waals surface area (Å²) < 4.78 is 0. The van der Waals surface area contributed by atoms with E-state index in [9.17, 15) is 9.59 Å². The number of nitrogens with one attached hydrogen (secondary N) is 2. The molecule has 28 heavy (non-hydrogen) atoms. The van der Waals surface area contributed by atoms with Crippen molar-refractivity contribution in [1.29, 1.82) is 0 Å². The molecule has 0 radical (unpaired) electrons. The van der Waals surface area contributed by atoms with E-state index in [2.05, 4.69) is 27.4 Å². The lowest BCUT2D eigenvalue weighted by molar-refractivity contribution is 0.0948. The van der Waals surface area contributed by atoms with Crippen LogP contribution in [-0.2, 0) is 0 Å². The summed E-state index contributed by atoms with van der Waals surface area (Å²) in [6, 6.07) is 12.8. The van der Waals surface area contributed by atoms with Crippen LogP contribution in [0.3, 0.4) is 0 Å². The van der Waals surface area contributed by atoms with Gasteiger partial charge in [0.05, 0.1) is 0 Å². The summed E-state index contributed by atoms with van der Waals surface area (Å²) >= 11 is 0.